The van der Waals surface area contributed by atoms with E-state index in [1.165, 1.54) is 22.9 Å². The molecule has 2 aliphatic heterocycles. The number of nitrogens with zero attached hydrogens (tertiary/aromatic N) is 2. The van der Waals surface area contributed by atoms with Crippen LogP contribution < -0.4 is 5.73 Å². The number of aryl methyl sites for hydroxylation is 1. The summed E-state index contributed by atoms with van der Waals surface area (Å²) in [5.41, 5.74) is 9.54. The summed E-state index contributed by atoms with van der Waals surface area (Å²) in [5.74, 6) is 1.52. The van der Waals surface area contributed by atoms with Crippen LogP contribution in [0.3, 0.4) is 0 Å². The van der Waals surface area contributed by atoms with Gasteiger partial charge < -0.3 is 20.9 Å². The number of rotatable bonds is 4. The molecule has 9 heteroatoms. The van der Waals surface area contributed by atoms with Crippen LogP contribution in [0.2, 0.25) is 5.02 Å². The number of alkyl halides is 1. The van der Waals surface area contributed by atoms with Gasteiger partial charge in [-0.05, 0) is 87.5 Å². The van der Waals surface area contributed by atoms with E-state index in [0.717, 1.165) is 61.1 Å². The summed E-state index contributed by atoms with van der Waals surface area (Å²) < 4.78 is 1.11. The van der Waals surface area contributed by atoms with Crippen molar-refractivity contribution in [3.63, 3.8) is 0 Å². The van der Waals surface area contributed by atoms with E-state index >= 15 is 0 Å². The lowest BCUT2D eigenvalue weighted by atomic mass is 9.78. The number of likely N-dealkylation sites (tertiary alicyclic amines) is 2. The largest absolute Gasteiger partial charge is 0.351 e. The number of urea groups is 1. The average Bonchev–Trinajstić information content (AvgIpc) is 3.03. The molecule has 0 radical (unpaired) electrons. The molecule has 2 saturated heterocycles. The van der Waals surface area contributed by atoms with E-state index in [0.29, 0.717) is 37.3 Å². The third kappa shape index (κ3) is 8.56. The van der Waals surface area contributed by atoms with E-state index < -0.39 is 0 Å². The van der Waals surface area contributed by atoms with Crippen LogP contribution in [-0.4, -0.2) is 59.0 Å². The maximum atomic E-state index is 12.9. The lowest BCUT2D eigenvalue weighted by Crippen LogP contribution is -2.44. The monoisotopic (exact) mass is 656 g/mol. The third-order valence-electron chi connectivity index (χ3n) is 7.79. The van der Waals surface area contributed by atoms with E-state index in [1.807, 2.05) is 13.0 Å². The Morgan fingerprint density at radius 1 is 1.14 bits per heavy atom. The van der Waals surface area contributed by atoms with Gasteiger partial charge in [-0.15, -0.1) is 0 Å². The molecule has 6 nitrogen and oxygen atoms in total. The lowest BCUT2D eigenvalue weighted by Gasteiger charge is -2.37. The van der Waals surface area contributed by atoms with E-state index in [4.69, 9.17) is 22.7 Å². The molecule has 3 N–H and O–H groups in total. The van der Waals surface area contributed by atoms with Gasteiger partial charge in [0, 0.05) is 59.1 Å². The number of hydrogen-bond acceptors (Lipinski definition) is 3. The Morgan fingerprint density at radius 3 is 2.30 bits per heavy atom. The zero-order chi connectivity index (χ0) is 27.1. The fraction of sp³-hybridized carbons (Fsp3) is 0.607. The molecular formula is C28H39Br2ClN4O2. The molecule has 2 fully saturated rings. The minimum Gasteiger partial charge on any atom is -0.351 e. The number of carbonyl (C=O) groups is 2. The summed E-state index contributed by atoms with van der Waals surface area (Å²) in [6.07, 6.45) is 10.3. The highest BCUT2D eigenvalue weighted by molar-refractivity contribution is 9.10. The van der Waals surface area contributed by atoms with Gasteiger partial charge in [-0.25, -0.2) is 4.79 Å². The molecule has 3 amide bonds. The van der Waals surface area contributed by atoms with Crippen molar-refractivity contribution in [1.82, 2.24) is 9.80 Å². The van der Waals surface area contributed by atoms with Crippen LogP contribution in [0, 0.1) is 17.2 Å². The molecule has 204 valence electrons. The van der Waals surface area contributed by atoms with Gasteiger partial charge in [-0.2, -0.15) is 0 Å². The van der Waals surface area contributed by atoms with Crippen LogP contribution >= 0.6 is 43.5 Å². The number of nitrogens with two attached hydrogens (primary N) is 1. The van der Waals surface area contributed by atoms with E-state index in [2.05, 4.69) is 55.8 Å². The van der Waals surface area contributed by atoms with Gasteiger partial charge in [0.2, 0.25) is 5.91 Å². The van der Waals surface area contributed by atoms with Crippen molar-refractivity contribution in [2.45, 2.75) is 69.5 Å². The van der Waals surface area contributed by atoms with Crippen molar-refractivity contribution in [2.75, 3.05) is 26.2 Å². The van der Waals surface area contributed by atoms with Crippen molar-refractivity contribution in [1.29, 1.82) is 5.41 Å². The first-order valence-corrected chi connectivity index (χ1v) is 15.3. The zero-order valence-electron chi connectivity index (χ0n) is 21.8. The van der Waals surface area contributed by atoms with Gasteiger partial charge in [0.1, 0.15) is 0 Å². The molecule has 37 heavy (non-hydrogen) atoms. The fourth-order valence-corrected chi connectivity index (χ4v) is 6.77. The molecule has 4 rings (SSSR count). The number of hydrogen-bond donors (Lipinski definition) is 2. The van der Waals surface area contributed by atoms with Crippen molar-refractivity contribution < 1.29 is 9.59 Å². The highest BCUT2D eigenvalue weighted by Gasteiger charge is 2.33. The summed E-state index contributed by atoms with van der Waals surface area (Å²) in [7, 11) is 0. The Balaban J connectivity index is 0.000000695. The number of fused-ring (bicyclic) bond motifs is 1. The van der Waals surface area contributed by atoms with Crippen LogP contribution in [0.5, 0.6) is 0 Å². The van der Waals surface area contributed by atoms with Gasteiger partial charge >= 0.3 is 6.03 Å². The molecule has 0 spiro atoms. The second kappa shape index (κ2) is 14.1. The first-order chi connectivity index (χ1) is 17.6. The molecule has 2 heterocycles. The van der Waals surface area contributed by atoms with Crippen molar-refractivity contribution in [2.24, 2.45) is 17.6 Å². The van der Waals surface area contributed by atoms with Crippen LogP contribution in [0.25, 0.3) is 0 Å². The average molecular weight is 659 g/mol. The molecule has 1 aromatic rings. The number of piperidine rings is 2. The van der Waals surface area contributed by atoms with E-state index in [1.54, 1.807) is 4.90 Å². The zero-order valence-corrected chi connectivity index (χ0v) is 25.7. The summed E-state index contributed by atoms with van der Waals surface area (Å²) in [5, 5.41) is 7.27. The second-order valence-electron chi connectivity index (χ2n) is 10.5. The van der Waals surface area contributed by atoms with Crippen LogP contribution in [-0.2, 0) is 11.2 Å². The quantitative estimate of drug-likeness (QED) is 0.209. The normalized spacial score (nSPS) is 21.6. The molecular weight excluding hydrogens is 620 g/mol. The minimum atomic E-state index is -0.352. The third-order valence-corrected chi connectivity index (χ3v) is 8.92. The maximum absolute atomic E-state index is 12.9. The summed E-state index contributed by atoms with van der Waals surface area (Å²) in [6, 6.07) is 3.79. The number of allylic oxidation sites excluding steroid dienone is 2. The molecule has 2 atom stereocenters. The Morgan fingerprint density at radius 2 is 1.73 bits per heavy atom. The maximum Gasteiger partial charge on any atom is 0.314 e. The van der Waals surface area contributed by atoms with Gasteiger partial charge in [0.05, 0.1) is 0 Å². The summed E-state index contributed by atoms with van der Waals surface area (Å²) in [6.45, 7) is 7.12. The predicted molar refractivity (Wildman–Crippen MR) is 159 cm³/mol. The SMILES string of the molecule is CC(Br)C=N.CC1=CC(C2CCN(C(=O)CC3CCN(C(N)=O)CC3)CC2)c2c(Br)cc(Cl)cc2CC1. The molecule has 0 aromatic heterocycles. The number of carbonyl (C=O) groups excluding carboxylic acids is 2. The predicted octanol–water partition coefficient (Wildman–Crippen LogP) is 6.92. The molecule has 2 unspecified atom stereocenters. The fourth-order valence-electron chi connectivity index (χ4n) is 5.64. The number of primary amides is 1. The Hall–Kier alpha value is -1.38. The Labute approximate surface area is 243 Å². The van der Waals surface area contributed by atoms with Gasteiger partial charge in [0.25, 0.3) is 0 Å². The molecule has 0 saturated carbocycles. The number of benzene rings is 1. The van der Waals surface area contributed by atoms with Gasteiger partial charge in [-0.3, -0.25) is 4.79 Å². The number of amides is 3. The summed E-state index contributed by atoms with van der Waals surface area (Å²) in [4.78, 5) is 28.2. The highest BCUT2D eigenvalue weighted by Crippen LogP contribution is 2.43. The molecule has 1 aliphatic carbocycles. The second-order valence-corrected chi connectivity index (χ2v) is 13.3. The highest BCUT2D eigenvalue weighted by atomic mass is 79.9. The van der Waals surface area contributed by atoms with E-state index in [9.17, 15) is 9.59 Å². The van der Waals surface area contributed by atoms with Crippen molar-refractivity contribution >= 4 is 61.6 Å². The van der Waals surface area contributed by atoms with Gasteiger partial charge in [-0.1, -0.05) is 55.1 Å². The first-order valence-electron chi connectivity index (χ1n) is 13.2. The summed E-state index contributed by atoms with van der Waals surface area (Å²) >= 11 is 13.3. The molecule has 3 aliphatic rings. The van der Waals surface area contributed by atoms with Gasteiger partial charge in [0.15, 0.2) is 0 Å². The lowest BCUT2D eigenvalue weighted by molar-refractivity contribution is -0.134. The Kier molecular flexibility index (Phi) is 11.5. The molecule has 0 bridgehead atoms. The number of nitrogens with one attached hydrogen (secondary N) is 1. The smallest absolute Gasteiger partial charge is 0.314 e. The van der Waals surface area contributed by atoms with Crippen LogP contribution in [0.4, 0.5) is 4.79 Å². The standard InChI is InChI=1S/C25H33BrClN3O2.C3H6BrN/c1-16-2-3-19-14-20(27)15-22(26)24(19)21(12-16)18-6-10-29(11-7-18)23(31)13-17-4-8-30(9-5-17)25(28)32;1-3(4)2-5/h12,14-15,17-18,21H,2-11,13H2,1H3,(H2,28,32);2-3,5H,1H3. The van der Waals surface area contributed by atoms with Crippen molar-refractivity contribution in [3.8, 4) is 0 Å². The topological polar surface area (TPSA) is 90.5 Å². The van der Waals surface area contributed by atoms with E-state index in [-0.39, 0.29) is 16.8 Å². The van der Waals surface area contributed by atoms with Crippen LogP contribution in [0.15, 0.2) is 28.3 Å². The first kappa shape index (κ1) is 30.2. The Bertz CT molecular complexity index is 1000. The van der Waals surface area contributed by atoms with Crippen LogP contribution in [0.1, 0.15) is 69.4 Å². The van der Waals surface area contributed by atoms with Crippen molar-refractivity contribution in [3.05, 3.63) is 44.4 Å². The number of halogens is 3. The minimum absolute atomic E-state index is 0.238. The molecule has 1 aromatic carbocycles.